The van der Waals surface area contributed by atoms with Crippen LogP contribution in [0.25, 0.3) is 0 Å². The lowest BCUT2D eigenvalue weighted by Crippen LogP contribution is -2.47. The van der Waals surface area contributed by atoms with E-state index >= 15 is 0 Å². The Hall–Kier alpha value is -1.55. The molecule has 0 fully saturated rings. The quantitative estimate of drug-likeness (QED) is 0.807. The predicted molar refractivity (Wildman–Crippen MR) is 90.1 cm³/mol. The topological polar surface area (TPSA) is 58.2 Å². The molecule has 1 aromatic rings. The number of carbonyl (C=O) groups excluding carboxylic acids is 2. The second-order valence-corrected chi connectivity index (χ2v) is 6.52. The molecule has 2 atom stereocenters. The molecule has 2 amide bonds. The molecule has 5 heteroatoms. The first kappa shape index (κ1) is 18.5. The molecule has 0 aliphatic rings. The van der Waals surface area contributed by atoms with Gasteiger partial charge in [-0.15, -0.1) is 0 Å². The van der Waals surface area contributed by atoms with E-state index in [0.717, 1.165) is 12.8 Å². The first-order valence-electron chi connectivity index (χ1n) is 7.66. The monoisotopic (exact) mass is 324 g/mol. The Bertz CT molecular complexity index is 500. The number of rotatable bonds is 7. The lowest BCUT2D eigenvalue weighted by molar-refractivity contribution is -0.123. The summed E-state index contributed by atoms with van der Waals surface area (Å²) < 4.78 is 0. The summed E-state index contributed by atoms with van der Waals surface area (Å²) in [4.78, 5) is 24.1. The van der Waals surface area contributed by atoms with Crippen LogP contribution in [0.5, 0.6) is 0 Å². The van der Waals surface area contributed by atoms with Gasteiger partial charge in [0.25, 0.3) is 5.91 Å². The summed E-state index contributed by atoms with van der Waals surface area (Å²) >= 11 is 5.79. The van der Waals surface area contributed by atoms with E-state index in [1.807, 2.05) is 6.92 Å². The fourth-order valence-corrected chi connectivity index (χ4v) is 2.10. The molecule has 0 heterocycles. The molecule has 0 aliphatic heterocycles. The van der Waals surface area contributed by atoms with E-state index < -0.39 is 6.04 Å². The molecule has 0 aliphatic carbocycles. The minimum atomic E-state index is -0.579. The third-order valence-corrected chi connectivity index (χ3v) is 3.66. The minimum absolute atomic E-state index is 0.102. The molecule has 0 aromatic heterocycles. The fraction of sp³-hybridized carbons (Fsp3) is 0.529. The van der Waals surface area contributed by atoms with Crippen LogP contribution in [0.1, 0.15) is 50.9 Å². The Labute approximate surface area is 137 Å². The van der Waals surface area contributed by atoms with Crippen LogP contribution in [0.2, 0.25) is 5.02 Å². The third kappa shape index (κ3) is 6.48. The third-order valence-electron chi connectivity index (χ3n) is 3.41. The van der Waals surface area contributed by atoms with Crippen molar-refractivity contribution >= 4 is 23.4 Å². The SMILES string of the molecule is CC(C)CCC(C)NC(=O)C(C)NC(=O)c1ccc(Cl)cc1. The number of nitrogens with one attached hydrogen (secondary N) is 2. The summed E-state index contributed by atoms with van der Waals surface area (Å²) in [6.45, 7) is 7.97. The average Bonchev–Trinajstić information content (AvgIpc) is 2.45. The second kappa shape index (κ2) is 8.79. The van der Waals surface area contributed by atoms with Gasteiger partial charge in [-0.3, -0.25) is 9.59 Å². The maximum Gasteiger partial charge on any atom is 0.251 e. The van der Waals surface area contributed by atoms with Gasteiger partial charge in [-0.2, -0.15) is 0 Å². The van der Waals surface area contributed by atoms with Crippen LogP contribution in [-0.4, -0.2) is 23.9 Å². The molecule has 0 bridgehead atoms. The molecule has 1 rings (SSSR count). The zero-order valence-corrected chi connectivity index (χ0v) is 14.4. The Balaban J connectivity index is 2.46. The zero-order chi connectivity index (χ0) is 16.7. The lowest BCUT2D eigenvalue weighted by atomic mass is 10.0. The number of hydrogen-bond acceptors (Lipinski definition) is 2. The molecular formula is C17H25ClN2O2. The van der Waals surface area contributed by atoms with Gasteiger partial charge < -0.3 is 10.6 Å². The van der Waals surface area contributed by atoms with Gasteiger partial charge in [0.2, 0.25) is 5.91 Å². The maximum absolute atomic E-state index is 12.1. The highest BCUT2D eigenvalue weighted by Gasteiger charge is 2.18. The molecule has 2 unspecified atom stereocenters. The van der Waals surface area contributed by atoms with E-state index in [0.29, 0.717) is 16.5 Å². The Morgan fingerprint density at radius 1 is 1.00 bits per heavy atom. The van der Waals surface area contributed by atoms with Crippen LogP contribution in [0.4, 0.5) is 0 Å². The van der Waals surface area contributed by atoms with Crippen LogP contribution < -0.4 is 10.6 Å². The van der Waals surface area contributed by atoms with Crippen molar-refractivity contribution in [3.63, 3.8) is 0 Å². The normalized spacial score (nSPS) is 13.5. The molecule has 0 spiro atoms. The highest BCUT2D eigenvalue weighted by molar-refractivity contribution is 6.30. The van der Waals surface area contributed by atoms with Crippen LogP contribution in [0, 0.1) is 5.92 Å². The van der Waals surface area contributed by atoms with Crippen molar-refractivity contribution in [3.05, 3.63) is 34.9 Å². The molecule has 0 radical (unpaired) electrons. The van der Waals surface area contributed by atoms with Gasteiger partial charge in [-0.1, -0.05) is 25.4 Å². The van der Waals surface area contributed by atoms with Crippen molar-refractivity contribution in [2.45, 2.75) is 52.6 Å². The Morgan fingerprint density at radius 2 is 1.59 bits per heavy atom. The van der Waals surface area contributed by atoms with Crippen LogP contribution in [0.15, 0.2) is 24.3 Å². The molecule has 4 nitrogen and oxygen atoms in total. The van der Waals surface area contributed by atoms with E-state index in [9.17, 15) is 9.59 Å². The number of amides is 2. The highest BCUT2D eigenvalue weighted by atomic mass is 35.5. The van der Waals surface area contributed by atoms with Crippen molar-refractivity contribution in [3.8, 4) is 0 Å². The summed E-state index contributed by atoms with van der Waals surface area (Å²) in [6.07, 6.45) is 1.99. The molecule has 0 saturated carbocycles. The van der Waals surface area contributed by atoms with E-state index in [-0.39, 0.29) is 17.9 Å². The summed E-state index contributed by atoms with van der Waals surface area (Å²) in [6, 6.07) is 6.08. The highest BCUT2D eigenvalue weighted by Crippen LogP contribution is 2.10. The fourth-order valence-electron chi connectivity index (χ4n) is 1.97. The first-order valence-corrected chi connectivity index (χ1v) is 8.04. The molecule has 122 valence electrons. The van der Waals surface area contributed by atoms with E-state index in [4.69, 9.17) is 11.6 Å². The van der Waals surface area contributed by atoms with E-state index in [2.05, 4.69) is 24.5 Å². The van der Waals surface area contributed by atoms with E-state index in [1.54, 1.807) is 31.2 Å². The Morgan fingerprint density at radius 3 is 2.14 bits per heavy atom. The van der Waals surface area contributed by atoms with Gasteiger partial charge in [0, 0.05) is 16.6 Å². The zero-order valence-electron chi connectivity index (χ0n) is 13.7. The van der Waals surface area contributed by atoms with Crippen molar-refractivity contribution in [1.82, 2.24) is 10.6 Å². The number of halogens is 1. The summed E-state index contributed by atoms with van der Waals surface area (Å²) in [5.41, 5.74) is 0.483. The van der Waals surface area contributed by atoms with Crippen LogP contribution in [0.3, 0.4) is 0 Å². The standard InChI is InChI=1S/C17H25ClN2O2/c1-11(2)5-6-12(3)19-16(21)13(4)20-17(22)14-7-9-15(18)10-8-14/h7-13H,5-6H2,1-4H3,(H,19,21)(H,20,22). The molecule has 22 heavy (non-hydrogen) atoms. The van der Waals surface area contributed by atoms with Gasteiger partial charge in [0.15, 0.2) is 0 Å². The molecule has 0 saturated heterocycles. The van der Waals surface area contributed by atoms with Crippen molar-refractivity contribution in [2.75, 3.05) is 0 Å². The average molecular weight is 325 g/mol. The number of carbonyl (C=O) groups is 2. The van der Waals surface area contributed by atoms with Crippen molar-refractivity contribution < 1.29 is 9.59 Å². The minimum Gasteiger partial charge on any atom is -0.352 e. The number of benzene rings is 1. The smallest absolute Gasteiger partial charge is 0.251 e. The van der Waals surface area contributed by atoms with Crippen molar-refractivity contribution in [2.24, 2.45) is 5.92 Å². The van der Waals surface area contributed by atoms with Crippen molar-refractivity contribution in [1.29, 1.82) is 0 Å². The van der Waals surface area contributed by atoms with Gasteiger partial charge in [-0.25, -0.2) is 0 Å². The molecule has 2 N–H and O–H groups in total. The van der Waals surface area contributed by atoms with E-state index in [1.165, 1.54) is 0 Å². The predicted octanol–water partition coefficient (Wildman–Crippen LogP) is 3.40. The van der Waals surface area contributed by atoms with Crippen LogP contribution >= 0.6 is 11.6 Å². The lowest BCUT2D eigenvalue weighted by Gasteiger charge is -2.19. The van der Waals surface area contributed by atoms with Gasteiger partial charge in [0.05, 0.1) is 0 Å². The maximum atomic E-state index is 12.1. The van der Waals surface area contributed by atoms with Gasteiger partial charge in [0.1, 0.15) is 6.04 Å². The van der Waals surface area contributed by atoms with Crippen LogP contribution in [-0.2, 0) is 4.79 Å². The van der Waals surface area contributed by atoms with Gasteiger partial charge in [-0.05, 0) is 56.9 Å². The summed E-state index contributed by atoms with van der Waals surface area (Å²) in [7, 11) is 0. The molecular weight excluding hydrogens is 300 g/mol. The largest absolute Gasteiger partial charge is 0.352 e. The van der Waals surface area contributed by atoms with Gasteiger partial charge >= 0.3 is 0 Å². The summed E-state index contributed by atoms with van der Waals surface area (Å²) in [5.74, 6) is 0.161. The first-order chi connectivity index (χ1) is 10.3. The second-order valence-electron chi connectivity index (χ2n) is 6.08. The summed E-state index contributed by atoms with van der Waals surface area (Å²) in [5, 5.41) is 6.19. The molecule has 1 aromatic carbocycles. The number of hydrogen-bond donors (Lipinski definition) is 2. The Kier molecular flexibility index (Phi) is 7.39.